The van der Waals surface area contributed by atoms with Crippen LogP contribution in [-0.2, 0) is 0 Å². The van der Waals surface area contributed by atoms with Crippen LogP contribution in [0.15, 0.2) is 27.3 Å². The van der Waals surface area contributed by atoms with E-state index in [1.165, 1.54) is 0 Å². The highest BCUT2D eigenvalue weighted by Crippen LogP contribution is 2.29. The van der Waals surface area contributed by atoms with Crippen molar-refractivity contribution in [2.45, 2.75) is 32.7 Å². The number of nitrogens with zero attached hydrogens (tertiary/aromatic N) is 3. The highest BCUT2D eigenvalue weighted by Gasteiger charge is 2.28. The third kappa shape index (κ3) is 3.07. The molecule has 0 saturated heterocycles. The van der Waals surface area contributed by atoms with E-state index in [0.29, 0.717) is 23.3 Å². The van der Waals surface area contributed by atoms with E-state index in [0.717, 1.165) is 4.47 Å². The fourth-order valence-electron chi connectivity index (χ4n) is 2.27. The Labute approximate surface area is 127 Å². The van der Waals surface area contributed by atoms with Gasteiger partial charge in [0.25, 0.3) is 0 Å². The first kappa shape index (κ1) is 15.1. The van der Waals surface area contributed by atoms with E-state index in [9.17, 15) is 0 Å². The van der Waals surface area contributed by atoms with Gasteiger partial charge in [-0.1, -0.05) is 19.0 Å². The molecule has 1 N–H and O–H groups in total. The molecule has 2 rings (SSSR count). The minimum atomic E-state index is 0.170. The van der Waals surface area contributed by atoms with Gasteiger partial charge >= 0.3 is 0 Å². The van der Waals surface area contributed by atoms with Crippen LogP contribution in [0.3, 0.4) is 0 Å². The zero-order valence-electron chi connectivity index (χ0n) is 12.1. The van der Waals surface area contributed by atoms with E-state index in [1.54, 1.807) is 6.20 Å². The number of hydrogen-bond donors (Lipinski definition) is 1. The number of pyridine rings is 1. The molecule has 6 heteroatoms. The number of rotatable bonds is 5. The third-order valence-corrected chi connectivity index (χ3v) is 4.05. The number of aromatic nitrogens is 3. The third-order valence-electron chi connectivity index (χ3n) is 3.41. The lowest BCUT2D eigenvalue weighted by Crippen LogP contribution is -2.32. The summed E-state index contributed by atoms with van der Waals surface area (Å²) in [7, 11) is 1.94. The van der Waals surface area contributed by atoms with Crippen LogP contribution in [0.25, 0.3) is 11.5 Å². The van der Waals surface area contributed by atoms with Gasteiger partial charge in [0.1, 0.15) is 5.69 Å². The van der Waals surface area contributed by atoms with Gasteiger partial charge in [-0.25, -0.2) is 0 Å². The predicted molar refractivity (Wildman–Crippen MR) is 81.3 cm³/mol. The Morgan fingerprint density at radius 1 is 1.30 bits per heavy atom. The smallest absolute Gasteiger partial charge is 0.231 e. The van der Waals surface area contributed by atoms with E-state index >= 15 is 0 Å². The van der Waals surface area contributed by atoms with Crippen LogP contribution in [0.1, 0.15) is 32.6 Å². The summed E-state index contributed by atoms with van der Waals surface area (Å²) in [6.45, 7) is 6.42. The standard InChI is InChI=1S/C14H19BrN4O/c1-8(2)11(9(3)16-4)14-18-13(19-20-14)12-10(15)6-5-7-17-12/h5-9,11,16H,1-4H3. The zero-order chi connectivity index (χ0) is 14.7. The molecule has 0 fully saturated rings. The molecule has 2 unspecified atom stereocenters. The summed E-state index contributed by atoms with van der Waals surface area (Å²) in [5, 5.41) is 7.31. The highest BCUT2D eigenvalue weighted by atomic mass is 79.9. The molecule has 0 saturated carbocycles. The molecule has 2 aromatic rings. The van der Waals surface area contributed by atoms with Crippen LogP contribution in [0.2, 0.25) is 0 Å². The van der Waals surface area contributed by atoms with Crippen LogP contribution in [0, 0.1) is 5.92 Å². The Morgan fingerprint density at radius 3 is 2.65 bits per heavy atom. The number of nitrogens with one attached hydrogen (secondary N) is 1. The monoisotopic (exact) mass is 338 g/mol. The number of likely N-dealkylation sites (N-methyl/N-ethyl adjacent to an activating group) is 1. The molecule has 2 heterocycles. The summed E-state index contributed by atoms with van der Waals surface area (Å²) >= 11 is 3.45. The average molecular weight is 339 g/mol. The van der Waals surface area contributed by atoms with Crippen LogP contribution >= 0.6 is 15.9 Å². The van der Waals surface area contributed by atoms with Gasteiger partial charge in [-0.05, 0) is 48.0 Å². The summed E-state index contributed by atoms with van der Waals surface area (Å²) in [4.78, 5) is 8.81. The maximum atomic E-state index is 5.46. The van der Waals surface area contributed by atoms with Crippen molar-refractivity contribution in [3.63, 3.8) is 0 Å². The summed E-state index contributed by atoms with van der Waals surface area (Å²) in [5.74, 6) is 1.73. The molecule has 0 radical (unpaired) electrons. The lowest BCUT2D eigenvalue weighted by atomic mass is 9.89. The van der Waals surface area contributed by atoms with Crippen molar-refractivity contribution in [1.82, 2.24) is 20.4 Å². The largest absolute Gasteiger partial charge is 0.339 e. The molecule has 0 aliphatic heterocycles. The fraction of sp³-hybridized carbons (Fsp3) is 0.500. The summed E-state index contributed by atoms with van der Waals surface area (Å²) in [6, 6.07) is 4.03. The van der Waals surface area contributed by atoms with Crippen molar-refractivity contribution in [3.05, 3.63) is 28.7 Å². The van der Waals surface area contributed by atoms with Crippen molar-refractivity contribution in [2.24, 2.45) is 5.92 Å². The minimum Gasteiger partial charge on any atom is -0.339 e. The average Bonchev–Trinajstić information content (AvgIpc) is 2.88. The zero-order valence-corrected chi connectivity index (χ0v) is 13.7. The first-order valence-corrected chi connectivity index (χ1v) is 7.45. The summed E-state index contributed by atoms with van der Waals surface area (Å²) < 4.78 is 6.32. The van der Waals surface area contributed by atoms with Crippen molar-refractivity contribution in [2.75, 3.05) is 7.05 Å². The van der Waals surface area contributed by atoms with Gasteiger partial charge in [0.2, 0.25) is 11.7 Å². The molecular formula is C14H19BrN4O. The van der Waals surface area contributed by atoms with Gasteiger partial charge in [0, 0.05) is 16.7 Å². The van der Waals surface area contributed by atoms with E-state index in [-0.39, 0.29) is 12.0 Å². The molecule has 0 spiro atoms. The Bertz CT molecular complexity index is 570. The molecular weight excluding hydrogens is 320 g/mol. The Kier molecular flexibility index (Phi) is 4.88. The lowest BCUT2D eigenvalue weighted by molar-refractivity contribution is 0.286. The second-order valence-electron chi connectivity index (χ2n) is 5.14. The SMILES string of the molecule is CNC(C)C(c1nc(-c2ncccc2Br)no1)C(C)C. The van der Waals surface area contributed by atoms with Crippen LogP contribution in [0.5, 0.6) is 0 Å². The molecule has 20 heavy (non-hydrogen) atoms. The van der Waals surface area contributed by atoms with Crippen molar-refractivity contribution in [1.29, 1.82) is 0 Å². The molecule has 0 aliphatic carbocycles. The first-order chi connectivity index (χ1) is 9.54. The molecule has 108 valence electrons. The fourth-order valence-corrected chi connectivity index (χ4v) is 2.71. The van der Waals surface area contributed by atoms with Gasteiger partial charge in [0.05, 0.1) is 5.92 Å². The van der Waals surface area contributed by atoms with E-state index in [4.69, 9.17) is 4.52 Å². The van der Waals surface area contributed by atoms with Gasteiger partial charge in [-0.15, -0.1) is 0 Å². The second-order valence-corrected chi connectivity index (χ2v) is 5.99. The van der Waals surface area contributed by atoms with E-state index in [2.05, 4.69) is 57.1 Å². The van der Waals surface area contributed by atoms with Crippen LogP contribution in [0.4, 0.5) is 0 Å². The van der Waals surface area contributed by atoms with Crippen molar-refractivity contribution < 1.29 is 4.52 Å². The highest BCUT2D eigenvalue weighted by molar-refractivity contribution is 9.10. The molecule has 5 nitrogen and oxygen atoms in total. The maximum absolute atomic E-state index is 5.46. The normalized spacial score (nSPS) is 14.5. The maximum Gasteiger partial charge on any atom is 0.231 e. The van der Waals surface area contributed by atoms with Gasteiger partial charge in [-0.3, -0.25) is 4.98 Å². The molecule has 0 aliphatic rings. The second kappa shape index (κ2) is 6.45. The van der Waals surface area contributed by atoms with Gasteiger partial charge < -0.3 is 9.84 Å². The summed E-state index contributed by atoms with van der Waals surface area (Å²) in [5.41, 5.74) is 0.696. The lowest BCUT2D eigenvalue weighted by Gasteiger charge is -2.23. The Hall–Kier alpha value is -1.27. The molecule has 0 aromatic carbocycles. The Morgan fingerprint density at radius 2 is 2.05 bits per heavy atom. The minimum absolute atomic E-state index is 0.170. The van der Waals surface area contributed by atoms with Gasteiger partial charge in [-0.2, -0.15) is 4.98 Å². The molecule has 0 amide bonds. The van der Waals surface area contributed by atoms with E-state index in [1.807, 2.05) is 19.2 Å². The number of halogens is 1. The molecule has 0 bridgehead atoms. The van der Waals surface area contributed by atoms with E-state index < -0.39 is 0 Å². The van der Waals surface area contributed by atoms with Crippen LogP contribution in [-0.4, -0.2) is 28.2 Å². The molecule has 2 aromatic heterocycles. The van der Waals surface area contributed by atoms with Gasteiger partial charge in [0.15, 0.2) is 0 Å². The van der Waals surface area contributed by atoms with Crippen LogP contribution < -0.4 is 5.32 Å². The first-order valence-electron chi connectivity index (χ1n) is 6.66. The topological polar surface area (TPSA) is 63.8 Å². The quantitative estimate of drug-likeness (QED) is 0.906. The van der Waals surface area contributed by atoms with Crippen molar-refractivity contribution >= 4 is 15.9 Å². The molecule has 2 atom stereocenters. The summed E-state index contributed by atoms with van der Waals surface area (Å²) in [6.07, 6.45) is 1.71. The predicted octanol–water partition coefficient (Wildman–Crippen LogP) is 3.24. The van der Waals surface area contributed by atoms with Crippen molar-refractivity contribution in [3.8, 4) is 11.5 Å². The number of hydrogen-bond acceptors (Lipinski definition) is 5. The Balaban J connectivity index is 2.35.